The molecule has 1 aliphatic rings. The van der Waals surface area contributed by atoms with Crippen LogP contribution in [0.5, 0.6) is 0 Å². The van der Waals surface area contributed by atoms with E-state index in [2.05, 4.69) is 5.32 Å². The highest BCUT2D eigenvalue weighted by atomic mass is 19.4. The minimum Gasteiger partial charge on any atom is -0.459 e. The van der Waals surface area contributed by atoms with Crippen molar-refractivity contribution in [1.29, 1.82) is 0 Å². The van der Waals surface area contributed by atoms with Gasteiger partial charge in [0.05, 0.1) is 12.2 Å². The third-order valence-electron chi connectivity index (χ3n) is 5.36. The van der Waals surface area contributed by atoms with Gasteiger partial charge in [-0.15, -0.1) is 0 Å². The molecule has 0 radical (unpaired) electrons. The van der Waals surface area contributed by atoms with Crippen molar-refractivity contribution >= 4 is 24.5 Å². The van der Waals surface area contributed by atoms with Crippen LogP contribution in [0.1, 0.15) is 46.5 Å². The van der Waals surface area contributed by atoms with Gasteiger partial charge in [0.15, 0.2) is 0 Å². The summed E-state index contributed by atoms with van der Waals surface area (Å²) in [6, 6.07) is 6.64. The number of nitrogens with one attached hydrogen (secondary N) is 1. The molecule has 0 saturated heterocycles. The topological polar surface area (TPSA) is 84.9 Å². The number of benzene rings is 2. The monoisotopic (exact) mass is 449 g/mol. The summed E-state index contributed by atoms with van der Waals surface area (Å²) in [4.78, 5) is 25.4. The lowest BCUT2D eigenvalue weighted by molar-refractivity contribution is -0.148. The van der Waals surface area contributed by atoms with Crippen LogP contribution in [0.25, 0.3) is 0 Å². The van der Waals surface area contributed by atoms with Crippen molar-refractivity contribution in [2.75, 3.05) is 0 Å². The fourth-order valence-corrected chi connectivity index (χ4v) is 3.50. The van der Waals surface area contributed by atoms with Gasteiger partial charge in [-0.25, -0.2) is 4.79 Å². The van der Waals surface area contributed by atoms with Crippen molar-refractivity contribution in [3.05, 3.63) is 64.2 Å². The second-order valence-electron chi connectivity index (χ2n) is 7.97. The summed E-state index contributed by atoms with van der Waals surface area (Å²) in [5.74, 6) is -1.51. The predicted molar refractivity (Wildman–Crippen MR) is 111 cm³/mol. The maximum atomic E-state index is 12.8. The van der Waals surface area contributed by atoms with Gasteiger partial charge in [-0.05, 0) is 53.2 Å². The van der Waals surface area contributed by atoms with Gasteiger partial charge in [-0.1, -0.05) is 32.0 Å². The van der Waals surface area contributed by atoms with Gasteiger partial charge in [0.1, 0.15) is 12.6 Å². The normalized spacial score (nSPS) is 14.3. The summed E-state index contributed by atoms with van der Waals surface area (Å²) in [5, 5.41) is 12.6. The lowest BCUT2D eigenvalue weighted by atomic mass is 9.75. The molecule has 1 atom stereocenters. The van der Waals surface area contributed by atoms with E-state index in [1.54, 1.807) is 32.9 Å². The minimum atomic E-state index is -4.44. The van der Waals surface area contributed by atoms with Crippen molar-refractivity contribution in [1.82, 2.24) is 5.32 Å². The van der Waals surface area contributed by atoms with E-state index in [1.807, 2.05) is 0 Å². The van der Waals surface area contributed by atoms with Crippen molar-refractivity contribution < 1.29 is 37.2 Å². The Labute approximate surface area is 183 Å². The highest BCUT2D eigenvalue weighted by molar-refractivity contribution is 6.62. The lowest BCUT2D eigenvalue weighted by Crippen LogP contribution is -2.46. The van der Waals surface area contributed by atoms with Crippen molar-refractivity contribution in [3.63, 3.8) is 0 Å². The molecule has 1 aliphatic heterocycles. The van der Waals surface area contributed by atoms with Gasteiger partial charge in [0, 0.05) is 5.56 Å². The fourth-order valence-electron chi connectivity index (χ4n) is 3.50. The van der Waals surface area contributed by atoms with Crippen LogP contribution in [0.3, 0.4) is 0 Å². The quantitative estimate of drug-likeness (QED) is 0.524. The Morgan fingerprint density at radius 3 is 2.44 bits per heavy atom. The molecule has 0 fully saturated rings. The first-order valence-electron chi connectivity index (χ1n) is 10.0. The summed E-state index contributed by atoms with van der Waals surface area (Å²) >= 11 is 0. The molecule has 0 bridgehead atoms. The summed E-state index contributed by atoms with van der Waals surface area (Å²) < 4.78 is 48.4. The first-order valence-corrected chi connectivity index (χ1v) is 10.0. The van der Waals surface area contributed by atoms with Crippen LogP contribution in [0.15, 0.2) is 36.4 Å². The summed E-state index contributed by atoms with van der Waals surface area (Å²) in [5.41, 5.74) is 1.80. The number of amides is 1. The fraction of sp³-hybridized carbons (Fsp3) is 0.364. The molecule has 1 unspecified atom stereocenters. The van der Waals surface area contributed by atoms with Crippen molar-refractivity contribution in [3.8, 4) is 0 Å². The molecule has 2 aromatic carbocycles. The Balaban J connectivity index is 1.67. The first-order chi connectivity index (χ1) is 15.0. The van der Waals surface area contributed by atoms with Crippen LogP contribution >= 0.6 is 0 Å². The van der Waals surface area contributed by atoms with E-state index in [0.29, 0.717) is 22.2 Å². The van der Waals surface area contributed by atoms with E-state index >= 15 is 0 Å². The van der Waals surface area contributed by atoms with E-state index in [-0.39, 0.29) is 19.1 Å². The van der Waals surface area contributed by atoms with Gasteiger partial charge >= 0.3 is 19.3 Å². The Morgan fingerprint density at radius 2 is 1.84 bits per heavy atom. The maximum Gasteiger partial charge on any atom is 0.492 e. The minimum absolute atomic E-state index is 0.225. The van der Waals surface area contributed by atoms with E-state index in [0.717, 1.165) is 17.7 Å². The lowest BCUT2D eigenvalue weighted by Gasteiger charge is -2.22. The van der Waals surface area contributed by atoms with Crippen LogP contribution in [-0.2, 0) is 33.6 Å². The first kappa shape index (κ1) is 23.8. The third kappa shape index (κ3) is 5.13. The molecule has 2 N–H and O–H groups in total. The third-order valence-corrected chi connectivity index (χ3v) is 5.36. The number of alkyl halides is 3. The zero-order valence-corrected chi connectivity index (χ0v) is 17.8. The van der Waals surface area contributed by atoms with Crippen molar-refractivity contribution in [2.24, 2.45) is 5.92 Å². The SMILES string of the molecule is Cc1c(C(=O)NC(C(=O)OCc2ccc(C(F)(F)F)cc2)C(C)C)ccc2c1B(O)OC2. The number of carbonyl (C=O) groups excluding carboxylic acids is 2. The average molecular weight is 449 g/mol. The van der Waals surface area contributed by atoms with E-state index in [4.69, 9.17) is 9.39 Å². The molecule has 1 heterocycles. The number of halogens is 3. The van der Waals surface area contributed by atoms with Crippen LogP contribution in [0, 0.1) is 12.8 Å². The number of rotatable bonds is 6. The second kappa shape index (κ2) is 9.34. The molecule has 0 aliphatic carbocycles. The Morgan fingerprint density at radius 1 is 1.19 bits per heavy atom. The number of hydrogen-bond donors (Lipinski definition) is 2. The van der Waals surface area contributed by atoms with Gasteiger partial charge < -0.3 is 19.7 Å². The molecule has 0 saturated carbocycles. The summed E-state index contributed by atoms with van der Waals surface area (Å²) in [6.45, 7) is 5.19. The Bertz CT molecular complexity index is 1010. The maximum absolute atomic E-state index is 12.8. The van der Waals surface area contributed by atoms with E-state index < -0.39 is 36.8 Å². The van der Waals surface area contributed by atoms with Crippen LogP contribution in [-0.4, -0.2) is 30.1 Å². The number of fused-ring (bicyclic) bond motifs is 1. The van der Waals surface area contributed by atoms with Crippen LogP contribution in [0.4, 0.5) is 13.2 Å². The summed E-state index contributed by atoms with van der Waals surface area (Å²) in [6.07, 6.45) is -4.44. The molecule has 1 amide bonds. The standard InChI is InChI=1S/C22H23BF3NO5/c1-12(2)19(21(29)31-10-14-4-7-16(8-5-14)22(24,25)26)27-20(28)17-9-6-15-11-32-23(30)18(15)13(17)3/h4-9,12,19,30H,10-11H2,1-3H3,(H,27,28). The zero-order valence-electron chi connectivity index (χ0n) is 17.8. The molecular formula is C22H23BF3NO5. The molecule has 3 rings (SSSR count). The van der Waals surface area contributed by atoms with E-state index in [9.17, 15) is 27.8 Å². The smallest absolute Gasteiger partial charge is 0.459 e. The molecule has 0 spiro atoms. The predicted octanol–water partition coefficient (Wildman–Crippen LogP) is 2.73. The molecule has 32 heavy (non-hydrogen) atoms. The highest BCUT2D eigenvalue weighted by Crippen LogP contribution is 2.29. The number of carbonyl (C=O) groups is 2. The molecular weight excluding hydrogens is 426 g/mol. The van der Waals surface area contributed by atoms with Crippen LogP contribution < -0.4 is 10.8 Å². The Kier molecular flexibility index (Phi) is 6.95. The van der Waals surface area contributed by atoms with Crippen LogP contribution in [0.2, 0.25) is 0 Å². The van der Waals surface area contributed by atoms with Gasteiger partial charge in [-0.3, -0.25) is 4.79 Å². The van der Waals surface area contributed by atoms with Crippen molar-refractivity contribution in [2.45, 2.75) is 46.2 Å². The second-order valence-corrected chi connectivity index (χ2v) is 7.97. The number of hydrogen-bond acceptors (Lipinski definition) is 5. The largest absolute Gasteiger partial charge is 0.492 e. The highest BCUT2D eigenvalue weighted by Gasteiger charge is 2.33. The molecule has 2 aromatic rings. The van der Waals surface area contributed by atoms with E-state index in [1.165, 1.54) is 12.1 Å². The molecule has 170 valence electrons. The van der Waals surface area contributed by atoms with Gasteiger partial charge in [0.25, 0.3) is 5.91 Å². The average Bonchev–Trinajstić information content (AvgIpc) is 3.11. The molecule has 0 aromatic heterocycles. The number of ether oxygens (including phenoxy) is 1. The summed E-state index contributed by atoms with van der Waals surface area (Å²) in [7, 11) is -1.10. The molecule has 10 heteroatoms. The Hall–Kier alpha value is -2.85. The van der Waals surface area contributed by atoms with Gasteiger partial charge in [-0.2, -0.15) is 13.2 Å². The molecule has 6 nitrogen and oxygen atoms in total. The van der Waals surface area contributed by atoms with Gasteiger partial charge in [0.2, 0.25) is 0 Å². The number of esters is 1. The zero-order chi connectivity index (χ0) is 23.6.